The Morgan fingerprint density at radius 3 is 2.61 bits per heavy atom. The molecule has 2 rings (SSSR count). The molecule has 1 amide bonds. The third-order valence-electron chi connectivity index (χ3n) is 3.39. The number of carbonyl (C=O) groups is 1. The fraction of sp³-hybridized carbons (Fsp3) is 0.118. The van der Waals surface area contributed by atoms with Gasteiger partial charge in [0.15, 0.2) is 0 Å². The van der Waals surface area contributed by atoms with Gasteiger partial charge in [0.2, 0.25) is 0 Å². The summed E-state index contributed by atoms with van der Waals surface area (Å²) in [5, 5.41) is 11.0. The lowest BCUT2D eigenvalue weighted by molar-refractivity contribution is -0.385. The van der Waals surface area contributed by atoms with Crippen molar-refractivity contribution >= 4 is 39.3 Å². The lowest BCUT2D eigenvalue weighted by Gasteiger charge is -2.18. The number of nitro groups is 1. The van der Waals surface area contributed by atoms with Crippen molar-refractivity contribution in [3.8, 4) is 0 Å². The summed E-state index contributed by atoms with van der Waals surface area (Å²) in [4.78, 5) is 24.3. The van der Waals surface area contributed by atoms with Gasteiger partial charge < -0.3 is 4.90 Å². The van der Waals surface area contributed by atoms with Crippen LogP contribution in [0.3, 0.4) is 0 Å². The number of nitrogens with zero attached hydrogens (tertiary/aromatic N) is 2. The molecule has 5 nitrogen and oxygen atoms in total. The number of likely N-dealkylation sites (N-methyl/N-ethyl adjacent to an activating group) is 1. The first kappa shape index (κ1) is 16.9. The van der Waals surface area contributed by atoms with E-state index in [1.54, 1.807) is 25.2 Å². The minimum Gasteiger partial charge on any atom is -0.312 e. The van der Waals surface area contributed by atoms with Crippen LogP contribution in [0, 0.1) is 17.0 Å². The van der Waals surface area contributed by atoms with Gasteiger partial charge >= 0.3 is 0 Å². The predicted octanol–water partition coefficient (Wildman–Crippen LogP) is 4.34. The molecule has 0 aromatic heterocycles. The summed E-state index contributed by atoms with van der Waals surface area (Å²) in [5.74, 6) is -0.256. The molecule has 0 atom stereocenters. The summed E-state index contributed by atoms with van der Waals surface area (Å²) in [7, 11) is 1.67. The summed E-state index contributed by atoms with van der Waals surface area (Å²) in [6, 6.07) is 11.9. The minimum atomic E-state index is -0.466. The molecule has 2 aromatic rings. The summed E-state index contributed by atoms with van der Waals surface area (Å²) >= 11 is 3.38. The number of halogens is 1. The molecule has 0 N–H and O–H groups in total. The second kappa shape index (κ2) is 7.19. The normalized spacial score (nSPS) is 10.7. The van der Waals surface area contributed by atoms with Crippen molar-refractivity contribution in [1.82, 2.24) is 0 Å². The third kappa shape index (κ3) is 4.04. The Morgan fingerprint density at radius 1 is 1.26 bits per heavy atom. The van der Waals surface area contributed by atoms with E-state index in [1.807, 2.05) is 25.1 Å². The van der Waals surface area contributed by atoms with Crippen LogP contribution >= 0.6 is 15.9 Å². The highest BCUT2D eigenvalue weighted by Gasteiger charge is 2.13. The number of hydrogen-bond acceptors (Lipinski definition) is 3. The SMILES string of the molecule is Cc1cc(Br)ccc1N(C)C(=O)/C=C/c1ccccc1[N+](=O)[O-]. The van der Waals surface area contributed by atoms with Gasteiger partial charge in [-0.2, -0.15) is 0 Å². The van der Waals surface area contributed by atoms with Crippen LogP contribution in [-0.2, 0) is 4.79 Å². The minimum absolute atomic E-state index is 0.0287. The average Bonchev–Trinajstić information content (AvgIpc) is 2.52. The highest BCUT2D eigenvalue weighted by Crippen LogP contribution is 2.24. The molecule has 2 aromatic carbocycles. The summed E-state index contributed by atoms with van der Waals surface area (Å²) < 4.78 is 0.940. The first-order valence-electron chi connectivity index (χ1n) is 6.85. The van der Waals surface area contributed by atoms with Crippen LogP contribution in [0.5, 0.6) is 0 Å². The zero-order valence-corrected chi connectivity index (χ0v) is 14.3. The number of benzene rings is 2. The van der Waals surface area contributed by atoms with E-state index in [-0.39, 0.29) is 11.6 Å². The highest BCUT2D eigenvalue weighted by atomic mass is 79.9. The Bertz CT molecular complexity index is 787. The molecule has 0 aliphatic heterocycles. The first-order chi connectivity index (χ1) is 10.9. The standard InChI is InChI=1S/C17H15BrN2O3/c1-12-11-14(18)8-9-15(12)19(2)17(21)10-7-13-5-3-4-6-16(13)20(22)23/h3-11H,1-2H3/b10-7+. The second-order valence-electron chi connectivity index (χ2n) is 4.98. The maximum atomic E-state index is 12.3. The van der Waals surface area contributed by atoms with Crippen LogP contribution in [0.15, 0.2) is 53.0 Å². The van der Waals surface area contributed by atoms with Gasteiger partial charge in [-0.15, -0.1) is 0 Å². The van der Waals surface area contributed by atoms with Crippen LogP contribution in [0.25, 0.3) is 6.08 Å². The average molecular weight is 375 g/mol. The van der Waals surface area contributed by atoms with Gasteiger partial charge in [0.25, 0.3) is 11.6 Å². The number of aryl methyl sites for hydroxylation is 1. The van der Waals surface area contributed by atoms with Crippen molar-refractivity contribution < 1.29 is 9.72 Å². The van der Waals surface area contributed by atoms with Crippen molar-refractivity contribution in [2.75, 3.05) is 11.9 Å². The fourth-order valence-corrected chi connectivity index (χ4v) is 2.66. The van der Waals surface area contributed by atoms with Crippen molar-refractivity contribution in [2.45, 2.75) is 6.92 Å². The quantitative estimate of drug-likeness (QED) is 0.454. The second-order valence-corrected chi connectivity index (χ2v) is 5.89. The molecule has 23 heavy (non-hydrogen) atoms. The van der Waals surface area contributed by atoms with Gasteiger partial charge in [-0.1, -0.05) is 28.1 Å². The Kier molecular flexibility index (Phi) is 5.28. The number of carbonyl (C=O) groups excluding carboxylic acids is 1. The molecule has 0 radical (unpaired) electrons. The number of nitro benzene ring substituents is 1. The van der Waals surface area contributed by atoms with Gasteiger partial charge in [-0.25, -0.2) is 0 Å². The molecular weight excluding hydrogens is 360 g/mol. The van der Waals surface area contributed by atoms with E-state index in [9.17, 15) is 14.9 Å². The lowest BCUT2D eigenvalue weighted by atomic mass is 10.1. The first-order valence-corrected chi connectivity index (χ1v) is 7.65. The van der Waals surface area contributed by atoms with Crippen molar-refractivity contribution in [3.63, 3.8) is 0 Å². The Balaban J connectivity index is 2.23. The van der Waals surface area contributed by atoms with Crippen LogP contribution in [0.1, 0.15) is 11.1 Å². The monoisotopic (exact) mass is 374 g/mol. The van der Waals surface area contributed by atoms with Crippen molar-refractivity contribution in [2.24, 2.45) is 0 Å². The molecule has 0 saturated carbocycles. The predicted molar refractivity (Wildman–Crippen MR) is 94.4 cm³/mol. The van der Waals surface area contributed by atoms with Gasteiger partial charge in [0.1, 0.15) is 0 Å². The van der Waals surface area contributed by atoms with E-state index in [0.29, 0.717) is 5.56 Å². The number of amides is 1. The van der Waals surface area contributed by atoms with Crippen LogP contribution in [0.2, 0.25) is 0 Å². The van der Waals surface area contributed by atoms with Crippen LogP contribution < -0.4 is 4.90 Å². The lowest BCUT2D eigenvalue weighted by Crippen LogP contribution is -2.24. The molecule has 0 unspecified atom stereocenters. The topological polar surface area (TPSA) is 63.5 Å². The number of hydrogen-bond donors (Lipinski definition) is 0. The third-order valence-corrected chi connectivity index (χ3v) is 3.88. The molecule has 0 heterocycles. The van der Waals surface area contributed by atoms with E-state index in [0.717, 1.165) is 15.7 Å². The molecule has 0 fully saturated rings. The zero-order chi connectivity index (χ0) is 17.0. The summed E-state index contributed by atoms with van der Waals surface area (Å²) in [5.41, 5.74) is 2.10. The van der Waals surface area contributed by atoms with Gasteiger partial charge in [-0.3, -0.25) is 14.9 Å². The van der Waals surface area contributed by atoms with Crippen molar-refractivity contribution in [3.05, 3.63) is 74.3 Å². The van der Waals surface area contributed by atoms with E-state index < -0.39 is 4.92 Å². The molecule has 118 valence electrons. The summed E-state index contributed by atoms with van der Waals surface area (Å²) in [6.07, 6.45) is 2.80. The van der Waals surface area contributed by atoms with E-state index in [4.69, 9.17) is 0 Å². The Labute approximate surface area is 142 Å². The van der Waals surface area contributed by atoms with Crippen LogP contribution in [-0.4, -0.2) is 17.9 Å². The Hall–Kier alpha value is -2.47. The number of para-hydroxylation sites is 1. The molecule has 6 heteroatoms. The molecule has 0 aliphatic carbocycles. The van der Waals surface area contributed by atoms with Crippen molar-refractivity contribution in [1.29, 1.82) is 0 Å². The van der Waals surface area contributed by atoms with E-state index in [1.165, 1.54) is 23.1 Å². The van der Waals surface area contributed by atoms with Crippen LogP contribution in [0.4, 0.5) is 11.4 Å². The molecule has 0 bridgehead atoms. The smallest absolute Gasteiger partial charge is 0.276 e. The molecule has 0 aliphatic rings. The molecule has 0 spiro atoms. The fourth-order valence-electron chi connectivity index (χ4n) is 2.18. The van der Waals surface area contributed by atoms with Gasteiger partial charge in [0.05, 0.1) is 10.5 Å². The highest BCUT2D eigenvalue weighted by molar-refractivity contribution is 9.10. The van der Waals surface area contributed by atoms with E-state index in [2.05, 4.69) is 15.9 Å². The number of anilines is 1. The maximum Gasteiger partial charge on any atom is 0.276 e. The molecule has 0 saturated heterocycles. The largest absolute Gasteiger partial charge is 0.312 e. The molecular formula is C17H15BrN2O3. The maximum absolute atomic E-state index is 12.3. The van der Waals surface area contributed by atoms with Gasteiger partial charge in [0, 0.05) is 29.4 Å². The Morgan fingerprint density at radius 2 is 1.96 bits per heavy atom. The summed E-state index contributed by atoms with van der Waals surface area (Å²) in [6.45, 7) is 1.91. The zero-order valence-electron chi connectivity index (χ0n) is 12.7. The van der Waals surface area contributed by atoms with E-state index >= 15 is 0 Å². The number of rotatable bonds is 4. The van der Waals surface area contributed by atoms with Gasteiger partial charge in [-0.05, 0) is 42.8 Å².